The third kappa shape index (κ3) is 8.48. The number of carbonyl (C=O) groups excluding carboxylic acids is 1. The van der Waals surface area contributed by atoms with Crippen LogP contribution in [0, 0.1) is 43.9 Å². The van der Waals surface area contributed by atoms with Gasteiger partial charge in [0.25, 0.3) is 5.91 Å². The largest absolute Gasteiger partial charge is 0.490 e. The van der Waals surface area contributed by atoms with Crippen molar-refractivity contribution >= 4 is 40.4 Å². The Morgan fingerprint density at radius 1 is 1.02 bits per heavy atom. The van der Waals surface area contributed by atoms with Crippen LogP contribution in [0.5, 0.6) is 5.75 Å². The number of hydrogen-bond acceptors (Lipinski definition) is 12. The lowest BCUT2D eigenvalue weighted by molar-refractivity contribution is 0.0888. The summed E-state index contributed by atoms with van der Waals surface area (Å²) in [5, 5.41) is 31.8. The van der Waals surface area contributed by atoms with E-state index in [2.05, 4.69) is 84.3 Å². The fourth-order valence-corrected chi connectivity index (χ4v) is 11.2. The highest BCUT2D eigenvalue weighted by Crippen LogP contribution is 2.52. The van der Waals surface area contributed by atoms with Gasteiger partial charge in [0.05, 0.1) is 35.0 Å². The van der Waals surface area contributed by atoms with Crippen molar-refractivity contribution in [2.24, 2.45) is 16.8 Å². The summed E-state index contributed by atoms with van der Waals surface area (Å²) in [5.74, 6) is 5.37. The Labute approximate surface area is 375 Å². The number of aryl methyl sites for hydroxylation is 2. The molecule has 10 rings (SSSR count). The van der Waals surface area contributed by atoms with Crippen molar-refractivity contribution in [1.82, 2.24) is 35.3 Å². The summed E-state index contributed by atoms with van der Waals surface area (Å²) in [5.41, 5.74) is 6.61. The van der Waals surface area contributed by atoms with E-state index >= 15 is 0 Å². The van der Waals surface area contributed by atoms with Gasteiger partial charge in [-0.3, -0.25) is 14.4 Å². The van der Waals surface area contributed by atoms with Crippen molar-refractivity contribution in [3.63, 3.8) is 0 Å². The molecule has 63 heavy (non-hydrogen) atoms. The van der Waals surface area contributed by atoms with Crippen LogP contribution in [0.25, 0.3) is 5.00 Å². The highest BCUT2D eigenvalue weighted by molar-refractivity contribution is 7.15. The predicted octanol–water partition coefficient (Wildman–Crippen LogP) is 9.22. The van der Waals surface area contributed by atoms with Crippen LogP contribution in [-0.4, -0.2) is 66.8 Å². The molecule has 13 nitrogen and oxygen atoms in total. The lowest BCUT2D eigenvalue weighted by atomic mass is 9.91. The molecule has 1 amide bonds. The molecule has 322 valence electrons. The Morgan fingerprint density at radius 3 is 2.60 bits per heavy atom. The normalized spacial score (nSPS) is 22.9. The van der Waals surface area contributed by atoms with Crippen LogP contribution in [0.2, 0.25) is 5.02 Å². The summed E-state index contributed by atoms with van der Waals surface area (Å²) in [7, 11) is 0. The van der Waals surface area contributed by atoms with Crippen molar-refractivity contribution in [2.75, 3.05) is 18.0 Å². The Balaban J connectivity index is 0.739. The lowest BCUT2D eigenvalue weighted by Gasteiger charge is -2.33. The number of carbonyl (C=O) groups is 1. The summed E-state index contributed by atoms with van der Waals surface area (Å²) >= 11 is 7.95. The van der Waals surface area contributed by atoms with E-state index in [-0.39, 0.29) is 24.1 Å². The summed E-state index contributed by atoms with van der Waals surface area (Å²) in [4.78, 5) is 26.6. The first-order valence-electron chi connectivity index (χ1n) is 22.0. The number of nitrogens with one attached hydrogen (secondary N) is 1. The number of anilines is 1. The molecule has 2 unspecified atom stereocenters. The molecule has 2 aliphatic heterocycles. The molecule has 1 N–H and O–H groups in total. The minimum absolute atomic E-state index is 0.0333. The molecular weight excluding hydrogens is 832 g/mol. The number of oxazole rings is 1. The molecule has 2 saturated carbocycles. The second-order valence-corrected chi connectivity index (χ2v) is 19.1. The maximum atomic E-state index is 13.2. The van der Waals surface area contributed by atoms with Gasteiger partial charge in [0.1, 0.15) is 34.9 Å². The van der Waals surface area contributed by atoms with E-state index in [9.17, 15) is 4.79 Å². The quantitative estimate of drug-likeness (QED) is 0.133. The number of ether oxygens (including phenoxy) is 1. The summed E-state index contributed by atoms with van der Waals surface area (Å²) in [6.07, 6.45) is 11.8. The van der Waals surface area contributed by atoms with Gasteiger partial charge in [-0.2, -0.15) is 5.26 Å². The number of thiophene rings is 1. The number of aliphatic imine (C=N–C) groups is 1. The monoisotopic (exact) mass is 880 g/mol. The molecule has 1 saturated heterocycles. The average molecular weight is 882 g/mol. The van der Waals surface area contributed by atoms with Gasteiger partial charge in [-0.25, -0.2) is 4.98 Å². The number of amides is 1. The number of nitrogens with zero attached hydrogens (tertiary/aromatic N) is 9. The molecule has 3 fully saturated rings. The Kier molecular flexibility index (Phi) is 11.3. The first-order valence-corrected chi connectivity index (χ1v) is 23.2. The van der Waals surface area contributed by atoms with Crippen LogP contribution in [0.4, 0.5) is 5.82 Å². The highest BCUT2D eigenvalue weighted by atomic mass is 35.5. The van der Waals surface area contributed by atoms with Gasteiger partial charge < -0.3 is 19.4 Å². The smallest absolute Gasteiger partial charge is 0.272 e. The van der Waals surface area contributed by atoms with Crippen LogP contribution in [0.15, 0.2) is 76.5 Å². The van der Waals surface area contributed by atoms with Gasteiger partial charge in [-0.1, -0.05) is 35.9 Å². The molecule has 0 bridgehead atoms. The fourth-order valence-electron chi connectivity index (χ4n) is 9.79. The predicted molar refractivity (Wildman–Crippen MR) is 241 cm³/mol. The van der Waals surface area contributed by atoms with Crippen LogP contribution in [0.1, 0.15) is 124 Å². The molecule has 4 aliphatic rings. The summed E-state index contributed by atoms with van der Waals surface area (Å²) < 4.78 is 14.0. The Hall–Kier alpha value is -5.91. The van der Waals surface area contributed by atoms with E-state index in [1.54, 1.807) is 48.1 Å². The number of halogens is 1. The number of aromatic nitrogens is 6. The van der Waals surface area contributed by atoms with E-state index < -0.39 is 0 Å². The van der Waals surface area contributed by atoms with Crippen molar-refractivity contribution in [1.29, 1.82) is 5.26 Å². The SMILES string of the molecule is Cc1sc2c(c1C)C(c1ccc(C3C[C@@H]3CC3CCCN(c4ccc(C(=O)NC5CCC(Oc6ccc(C#N)c(Cl)c6)CC5)nn4)C3)cc1)=N[C@@H](Cc1ncco1)c1nnc(C)n1-2. The lowest BCUT2D eigenvalue weighted by Crippen LogP contribution is -2.40. The molecule has 4 atom stereocenters. The van der Waals surface area contributed by atoms with Crippen LogP contribution in [0.3, 0.4) is 0 Å². The van der Waals surface area contributed by atoms with Gasteiger partial charge in [0.15, 0.2) is 23.2 Å². The zero-order valence-corrected chi connectivity index (χ0v) is 37.2. The second-order valence-electron chi connectivity index (χ2n) is 17.5. The van der Waals surface area contributed by atoms with Gasteiger partial charge in [0, 0.05) is 41.2 Å². The zero-order valence-electron chi connectivity index (χ0n) is 35.6. The van der Waals surface area contributed by atoms with E-state index in [1.165, 1.54) is 35.3 Å². The Bertz CT molecular complexity index is 2700. The van der Waals surface area contributed by atoms with E-state index in [0.29, 0.717) is 52.1 Å². The zero-order chi connectivity index (χ0) is 43.2. The van der Waals surface area contributed by atoms with Crippen molar-refractivity contribution < 1.29 is 13.9 Å². The third-order valence-corrected chi connectivity index (χ3v) is 14.9. The number of fused-ring (bicyclic) bond motifs is 3. The number of piperidine rings is 1. The third-order valence-electron chi connectivity index (χ3n) is 13.4. The van der Waals surface area contributed by atoms with Gasteiger partial charge in [-0.15, -0.1) is 31.7 Å². The molecule has 6 heterocycles. The number of hydrogen-bond donors (Lipinski definition) is 1. The van der Waals surface area contributed by atoms with Gasteiger partial charge in [0.2, 0.25) is 0 Å². The number of rotatable bonds is 11. The van der Waals surface area contributed by atoms with E-state index in [1.807, 2.05) is 13.0 Å². The minimum atomic E-state index is -0.294. The average Bonchev–Trinajstić information content (AvgIpc) is 3.53. The second kappa shape index (κ2) is 17.3. The molecule has 2 aromatic carbocycles. The maximum Gasteiger partial charge on any atom is 0.272 e. The molecule has 15 heteroatoms. The fraction of sp³-hybridized carbons (Fsp3) is 0.417. The van der Waals surface area contributed by atoms with E-state index in [4.69, 9.17) is 31.0 Å². The van der Waals surface area contributed by atoms with Crippen molar-refractivity contribution in [3.8, 4) is 16.8 Å². The topological polar surface area (TPSA) is 160 Å². The highest BCUT2D eigenvalue weighted by Gasteiger charge is 2.41. The number of nitriles is 1. The van der Waals surface area contributed by atoms with Crippen molar-refractivity contribution in [3.05, 3.63) is 128 Å². The molecule has 0 radical (unpaired) electrons. The Morgan fingerprint density at radius 2 is 1.86 bits per heavy atom. The summed E-state index contributed by atoms with van der Waals surface area (Å²) in [6.45, 7) is 8.25. The van der Waals surface area contributed by atoms with Crippen molar-refractivity contribution in [2.45, 2.75) is 103 Å². The summed E-state index contributed by atoms with van der Waals surface area (Å²) in [6, 6.07) is 19.8. The van der Waals surface area contributed by atoms with Crippen LogP contribution in [-0.2, 0) is 6.42 Å². The number of benzene rings is 2. The van der Waals surface area contributed by atoms with Crippen LogP contribution >= 0.6 is 22.9 Å². The first kappa shape index (κ1) is 41.1. The maximum absolute atomic E-state index is 13.2. The van der Waals surface area contributed by atoms with Gasteiger partial charge in [-0.05, 0) is 125 Å². The standard InChI is InChI=1S/C48H49ClN10O3S/c1-27-28(2)63-48-44(27)45(53-41(24-43-51-18-20-61-43)46-57-54-29(3)59(46)48)32-8-6-31(7-9-32)38-22-34(38)21-30-5-4-19-58(26-30)42-17-16-40(55-56-42)47(60)52-35-11-14-36(15-12-35)62-37-13-10-33(25-50)39(49)23-37/h6-10,13,16-18,20,23,30,34-36,38,41H,4-5,11-12,14-15,19,21-22,24,26H2,1-3H3,(H,52,60)/t30?,34-,35?,36?,38?,41-/m0/s1. The molecule has 4 aromatic heterocycles. The molecule has 6 aromatic rings. The van der Waals surface area contributed by atoms with Crippen LogP contribution < -0.4 is 15.0 Å². The first-order chi connectivity index (χ1) is 30.7. The molecular formula is C48H49ClN10O3S. The van der Waals surface area contributed by atoms with E-state index in [0.717, 1.165) is 84.5 Å². The minimum Gasteiger partial charge on any atom is -0.490 e. The molecule has 0 spiro atoms. The van der Waals surface area contributed by atoms with Gasteiger partial charge >= 0.3 is 0 Å². The molecule has 2 aliphatic carbocycles.